The summed E-state index contributed by atoms with van der Waals surface area (Å²) in [7, 11) is 0. The Morgan fingerprint density at radius 1 is 0.842 bits per heavy atom. The first-order valence-electron chi connectivity index (χ1n) is 6.13. The predicted molar refractivity (Wildman–Crippen MR) is 77.4 cm³/mol. The van der Waals surface area contributed by atoms with Gasteiger partial charge < -0.3 is 4.98 Å². The second kappa shape index (κ2) is 3.65. The van der Waals surface area contributed by atoms with Gasteiger partial charge in [0, 0.05) is 16.8 Å². The highest BCUT2D eigenvalue weighted by atomic mass is 16.1. The average molecular weight is 246 g/mol. The first-order chi connectivity index (χ1) is 9.33. The van der Waals surface area contributed by atoms with Gasteiger partial charge in [0.15, 0.2) is 0 Å². The van der Waals surface area contributed by atoms with E-state index in [-0.39, 0.29) is 5.56 Å². The van der Waals surface area contributed by atoms with E-state index >= 15 is 0 Å². The van der Waals surface area contributed by atoms with E-state index in [0.29, 0.717) is 0 Å². The average Bonchev–Trinajstić information content (AvgIpc) is 2.69. The third-order valence-electron chi connectivity index (χ3n) is 3.40. The fourth-order valence-electron chi connectivity index (χ4n) is 2.56. The first kappa shape index (κ1) is 10.3. The molecule has 0 spiro atoms. The monoisotopic (exact) mass is 246 g/mol. The number of aromatic nitrogens is 2. The van der Waals surface area contributed by atoms with Gasteiger partial charge >= 0.3 is 0 Å². The molecule has 0 saturated carbocycles. The van der Waals surface area contributed by atoms with Crippen molar-refractivity contribution in [3.63, 3.8) is 0 Å². The summed E-state index contributed by atoms with van der Waals surface area (Å²) >= 11 is 0. The van der Waals surface area contributed by atoms with Gasteiger partial charge in [-0.25, -0.2) is 4.98 Å². The molecule has 0 aliphatic carbocycles. The molecule has 0 fully saturated rings. The van der Waals surface area contributed by atoms with Crippen molar-refractivity contribution in [3.05, 3.63) is 65.0 Å². The van der Waals surface area contributed by atoms with Crippen molar-refractivity contribution in [3.8, 4) is 0 Å². The molecule has 19 heavy (non-hydrogen) atoms. The van der Waals surface area contributed by atoms with Crippen LogP contribution in [0.2, 0.25) is 0 Å². The molecule has 4 aromatic rings. The van der Waals surface area contributed by atoms with Crippen molar-refractivity contribution < 1.29 is 0 Å². The zero-order valence-corrected chi connectivity index (χ0v) is 10.1. The molecule has 0 aliphatic rings. The van der Waals surface area contributed by atoms with Crippen LogP contribution in [0.3, 0.4) is 0 Å². The SMILES string of the molecule is O=c1cccc2ccc3nc4ccccc4c3c2[nH]1. The Morgan fingerprint density at radius 2 is 1.74 bits per heavy atom. The van der Waals surface area contributed by atoms with Crippen LogP contribution in [-0.2, 0) is 0 Å². The van der Waals surface area contributed by atoms with E-state index in [2.05, 4.69) is 9.97 Å². The predicted octanol–water partition coefficient (Wildman–Crippen LogP) is 3.23. The van der Waals surface area contributed by atoms with E-state index in [0.717, 1.165) is 32.7 Å². The molecule has 2 aromatic heterocycles. The van der Waals surface area contributed by atoms with Gasteiger partial charge in [0.1, 0.15) is 0 Å². The van der Waals surface area contributed by atoms with Crippen molar-refractivity contribution in [2.45, 2.75) is 0 Å². The molecule has 0 unspecified atom stereocenters. The standard InChI is InChI=1S/C16H10N2O/c19-14-7-3-4-10-8-9-13-15(16(10)18-14)11-5-1-2-6-12(11)17-13/h1-9H,(H,18,19). The number of aromatic amines is 1. The second-order valence-electron chi connectivity index (χ2n) is 4.57. The number of nitrogens with zero attached hydrogens (tertiary/aromatic N) is 1. The highest BCUT2D eigenvalue weighted by Gasteiger charge is 2.08. The first-order valence-corrected chi connectivity index (χ1v) is 6.13. The molecule has 1 N–H and O–H groups in total. The third kappa shape index (κ3) is 1.45. The minimum atomic E-state index is -0.104. The molecular formula is C16H10N2O. The van der Waals surface area contributed by atoms with E-state index in [1.165, 1.54) is 6.07 Å². The zero-order chi connectivity index (χ0) is 12.8. The van der Waals surface area contributed by atoms with Crippen LogP contribution < -0.4 is 5.56 Å². The molecule has 0 aliphatic heterocycles. The number of rotatable bonds is 0. The molecule has 0 atom stereocenters. The van der Waals surface area contributed by atoms with Gasteiger partial charge in [-0.1, -0.05) is 36.4 Å². The fraction of sp³-hybridized carbons (Fsp3) is 0. The van der Waals surface area contributed by atoms with Crippen LogP contribution in [0, 0.1) is 0 Å². The van der Waals surface area contributed by atoms with Crippen LogP contribution in [0.4, 0.5) is 0 Å². The van der Waals surface area contributed by atoms with Crippen molar-refractivity contribution in [1.29, 1.82) is 0 Å². The Balaban J connectivity index is 2.40. The van der Waals surface area contributed by atoms with Crippen LogP contribution in [-0.4, -0.2) is 9.97 Å². The molecule has 0 radical (unpaired) electrons. The number of fused-ring (bicyclic) bond motifs is 5. The Morgan fingerprint density at radius 3 is 2.68 bits per heavy atom. The summed E-state index contributed by atoms with van der Waals surface area (Å²) in [6.45, 7) is 0. The van der Waals surface area contributed by atoms with E-state index in [1.54, 1.807) is 6.07 Å². The van der Waals surface area contributed by atoms with Gasteiger partial charge in [0.25, 0.3) is 0 Å². The molecular weight excluding hydrogens is 236 g/mol. The van der Waals surface area contributed by atoms with Crippen LogP contribution in [0.1, 0.15) is 0 Å². The second-order valence-corrected chi connectivity index (χ2v) is 4.57. The van der Waals surface area contributed by atoms with Gasteiger partial charge in [-0.2, -0.15) is 0 Å². The van der Waals surface area contributed by atoms with Crippen LogP contribution in [0.25, 0.3) is 32.7 Å². The maximum absolute atomic E-state index is 11.7. The Bertz CT molecular complexity index is 986. The van der Waals surface area contributed by atoms with E-state index in [9.17, 15) is 4.79 Å². The van der Waals surface area contributed by atoms with E-state index in [1.807, 2.05) is 42.5 Å². The maximum Gasteiger partial charge on any atom is 0.248 e. The van der Waals surface area contributed by atoms with Gasteiger partial charge in [0.2, 0.25) is 5.56 Å². The number of H-pyrrole nitrogens is 1. The summed E-state index contributed by atoms with van der Waals surface area (Å²) in [4.78, 5) is 19.2. The molecule has 0 amide bonds. The normalized spacial score (nSPS) is 11.4. The summed E-state index contributed by atoms with van der Waals surface area (Å²) in [5.41, 5.74) is 2.61. The topological polar surface area (TPSA) is 45.8 Å². The number of para-hydroxylation sites is 1. The van der Waals surface area contributed by atoms with Gasteiger partial charge in [-0.3, -0.25) is 4.79 Å². The van der Waals surface area contributed by atoms with Crippen molar-refractivity contribution in [2.24, 2.45) is 0 Å². The van der Waals surface area contributed by atoms with Crippen molar-refractivity contribution in [2.75, 3.05) is 0 Å². The van der Waals surface area contributed by atoms with Gasteiger partial charge in [-0.05, 0) is 17.5 Å². The summed E-state index contributed by atoms with van der Waals surface area (Å²) < 4.78 is 0. The quantitative estimate of drug-likeness (QED) is 0.517. The largest absolute Gasteiger partial charge is 0.321 e. The highest BCUT2D eigenvalue weighted by Crippen LogP contribution is 2.29. The summed E-state index contributed by atoms with van der Waals surface area (Å²) in [6.07, 6.45) is 0. The third-order valence-corrected chi connectivity index (χ3v) is 3.40. The minimum absolute atomic E-state index is 0.104. The minimum Gasteiger partial charge on any atom is -0.321 e. The summed E-state index contributed by atoms with van der Waals surface area (Å²) in [6, 6.07) is 17.2. The number of hydrogen-bond acceptors (Lipinski definition) is 2. The molecule has 3 nitrogen and oxygen atoms in total. The van der Waals surface area contributed by atoms with Gasteiger partial charge in [0.05, 0.1) is 16.6 Å². The molecule has 0 bridgehead atoms. The molecule has 90 valence electrons. The lowest BCUT2D eigenvalue weighted by molar-refractivity contribution is 1.34. The smallest absolute Gasteiger partial charge is 0.248 e. The molecule has 0 saturated heterocycles. The molecule has 4 rings (SSSR count). The lowest BCUT2D eigenvalue weighted by atomic mass is 10.1. The number of hydrogen-bond donors (Lipinski definition) is 1. The van der Waals surface area contributed by atoms with Crippen LogP contribution in [0.5, 0.6) is 0 Å². The van der Waals surface area contributed by atoms with Crippen LogP contribution >= 0.6 is 0 Å². The number of nitrogens with one attached hydrogen (secondary N) is 1. The fourth-order valence-corrected chi connectivity index (χ4v) is 2.56. The van der Waals surface area contributed by atoms with Crippen LogP contribution in [0.15, 0.2) is 59.4 Å². The van der Waals surface area contributed by atoms with Gasteiger partial charge in [-0.15, -0.1) is 0 Å². The Labute approximate surface area is 108 Å². The van der Waals surface area contributed by atoms with E-state index in [4.69, 9.17) is 0 Å². The molecule has 2 heterocycles. The maximum atomic E-state index is 11.7. The van der Waals surface area contributed by atoms with E-state index < -0.39 is 0 Å². The van der Waals surface area contributed by atoms with Crippen molar-refractivity contribution in [1.82, 2.24) is 9.97 Å². The lowest BCUT2D eigenvalue weighted by Gasteiger charge is -1.96. The lowest BCUT2D eigenvalue weighted by Crippen LogP contribution is -1.98. The Hall–Kier alpha value is -2.68. The molecule has 2 aromatic carbocycles. The molecule has 3 heteroatoms. The summed E-state index contributed by atoms with van der Waals surface area (Å²) in [5, 5.41) is 3.10. The number of benzene rings is 2. The Kier molecular flexibility index (Phi) is 1.97. The zero-order valence-electron chi connectivity index (χ0n) is 10.1. The van der Waals surface area contributed by atoms with Crippen molar-refractivity contribution >= 4 is 32.7 Å². The highest BCUT2D eigenvalue weighted by molar-refractivity contribution is 6.18. The summed E-state index contributed by atoms with van der Waals surface area (Å²) in [5.74, 6) is 0.